The molecule has 0 aliphatic rings. The summed E-state index contributed by atoms with van der Waals surface area (Å²) in [5.41, 5.74) is 0.955. The zero-order valence-electron chi connectivity index (χ0n) is 14.1. The first-order chi connectivity index (χ1) is 10.2. The van der Waals surface area contributed by atoms with E-state index >= 15 is 0 Å². The Morgan fingerprint density at radius 2 is 1.96 bits per heavy atom. The third kappa shape index (κ3) is 7.19. The molecule has 0 amide bonds. The molecule has 1 atom stereocenters. The summed E-state index contributed by atoms with van der Waals surface area (Å²) in [5.74, 6) is 1.23. The van der Waals surface area contributed by atoms with Gasteiger partial charge in [0.1, 0.15) is 5.15 Å². The van der Waals surface area contributed by atoms with E-state index in [1.54, 1.807) is 7.05 Å². The Kier molecular flexibility index (Phi) is 10.1. The molecular weight excluding hydrogens is 470 g/mol. The SMILES string of the molecule is CN=C(NCCS(=O)C(C)(C)C)NCc1cc(Cl)c(Cl)n1C.I. The molecule has 0 radical (unpaired) electrons. The number of nitrogens with zero attached hydrogens (tertiary/aromatic N) is 2. The van der Waals surface area contributed by atoms with Gasteiger partial charge in [-0.25, -0.2) is 0 Å². The Bertz CT molecular complexity index is 570. The van der Waals surface area contributed by atoms with E-state index in [1.165, 1.54) is 0 Å². The van der Waals surface area contributed by atoms with E-state index in [2.05, 4.69) is 15.6 Å². The zero-order chi connectivity index (χ0) is 16.9. The second-order valence-corrected chi connectivity index (χ2v) is 8.94. The maximum absolute atomic E-state index is 12.0. The number of hydrogen-bond donors (Lipinski definition) is 2. The van der Waals surface area contributed by atoms with E-state index in [0.717, 1.165) is 5.69 Å². The number of aliphatic imine (C=N–C) groups is 1. The van der Waals surface area contributed by atoms with E-state index in [4.69, 9.17) is 23.2 Å². The number of hydrogen-bond acceptors (Lipinski definition) is 2. The summed E-state index contributed by atoms with van der Waals surface area (Å²) in [6, 6.07) is 1.82. The van der Waals surface area contributed by atoms with Gasteiger partial charge in [-0.15, -0.1) is 24.0 Å². The molecule has 0 saturated heterocycles. The second-order valence-electron chi connectivity index (χ2n) is 5.85. The molecule has 1 unspecified atom stereocenters. The van der Waals surface area contributed by atoms with Crippen LogP contribution < -0.4 is 10.6 Å². The summed E-state index contributed by atoms with van der Waals surface area (Å²) >= 11 is 12.0. The third-order valence-corrected chi connectivity index (χ3v) is 5.92. The number of halogens is 3. The summed E-state index contributed by atoms with van der Waals surface area (Å²) in [6.45, 7) is 7.06. The van der Waals surface area contributed by atoms with Crippen molar-refractivity contribution in [1.82, 2.24) is 15.2 Å². The Labute approximate surface area is 168 Å². The molecule has 5 nitrogen and oxygen atoms in total. The van der Waals surface area contributed by atoms with Crippen molar-refractivity contribution in [2.75, 3.05) is 19.3 Å². The Balaban J connectivity index is 0.00000484. The van der Waals surface area contributed by atoms with Crippen LogP contribution >= 0.6 is 47.2 Å². The lowest BCUT2D eigenvalue weighted by atomic mass is 10.3. The van der Waals surface area contributed by atoms with Gasteiger partial charge in [0.25, 0.3) is 0 Å². The van der Waals surface area contributed by atoms with Gasteiger partial charge in [0.15, 0.2) is 5.96 Å². The molecule has 0 fully saturated rings. The zero-order valence-corrected chi connectivity index (χ0v) is 18.7. The van der Waals surface area contributed by atoms with Crippen molar-refractivity contribution in [2.24, 2.45) is 12.0 Å². The Hall–Kier alpha value is 0.01000. The van der Waals surface area contributed by atoms with Crippen LogP contribution in [0.3, 0.4) is 0 Å². The number of aromatic nitrogens is 1. The van der Waals surface area contributed by atoms with Gasteiger partial charge in [0.05, 0.1) is 11.6 Å². The summed E-state index contributed by atoms with van der Waals surface area (Å²) < 4.78 is 13.6. The summed E-state index contributed by atoms with van der Waals surface area (Å²) in [6.07, 6.45) is 0. The molecule has 134 valence electrons. The van der Waals surface area contributed by atoms with E-state index in [1.807, 2.05) is 38.5 Å². The fraction of sp³-hybridized carbons (Fsp3) is 0.643. The van der Waals surface area contributed by atoms with E-state index in [0.29, 0.717) is 35.0 Å². The maximum Gasteiger partial charge on any atom is 0.191 e. The average molecular weight is 495 g/mol. The predicted molar refractivity (Wildman–Crippen MR) is 112 cm³/mol. The van der Waals surface area contributed by atoms with Crippen LogP contribution in [0.5, 0.6) is 0 Å². The van der Waals surface area contributed by atoms with Gasteiger partial charge in [0, 0.05) is 47.6 Å². The first-order valence-electron chi connectivity index (χ1n) is 6.99. The monoisotopic (exact) mass is 494 g/mol. The molecule has 23 heavy (non-hydrogen) atoms. The predicted octanol–water partition coefficient (Wildman–Crippen LogP) is 3.16. The quantitative estimate of drug-likeness (QED) is 0.375. The highest BCUT2D eigenvalue weighted by Gasteiger charge is 2.18. The van der Waals surface area contributed by atoms with Crippen LogP contribution in [0.4, 0.5) is 0 Å². The van der Waals surface area contributed by atoms with Gasteiger partial charge in [-0.2, -0.15) is 0 Å². The molecule has 0 saturated carbocycles. The molecule has 9 heteroatoms. The van der Waals surface area contributed by atoms with Crippen molar-refractivity contribution in [2.45, 2.75) is 32.1 Å². The van der Waals surface area contributed by atoms with Gasteiger partial charge in [-0.05, 0) is 26.8 Å². The molecular formula is C14H25Cl2IN4OS. The van der Waals surface area contributed by atoms with Crippen molar-refractivity contribution in [3.63, 3.8) is 0 Å². The van der Waals surface area contributed by atoms with E-state index in [-0.39, 0.29) is 28.7 Å². The van der Waals surface area contributed by atoms with Crippen LogP contribution in [-0.2, 0) is 24.4 Å². The van der Waals surface area contributed by atoms with Gasteiger partial charge >= 0.3 is 0 Å². The molecule has 1 aromatic rings. The Morgan fingerprint density at radius 1 is 1.35 bits per heavy atom. The van der Waals surface area contributed by atoms with Crippen LogP contribution in [0.15, 0.2) is 11.1 Å². The van der Waals surface area contributed by atoms with Crippen molar-refractivity contribution in [1.29, 1.82) is 0 Å². The van der Waals surface area contributed by atoms with Crippen molar-refractivity contribution >= 4 is 63.9 Å². The summed E-state index contributed by atoms with van der Waals surface area (Å²) in [4.78, 5) is 4.14. The molecule has 1 rings (SSSR count). The van der Waals surface area contributed by atoms with Crippen LogP contribution in [0.25, 0.3) is 0 Å². The number of rotatable bonds is 5. The fourth-order valence-corrected chi connectivity index (χ4v) is 3.04. The highest BCUT2D eigenvalue weighted by Crippen LogP contribution is 2.24. The lowest BCUT2D eigenvalue weighted by Crippen LogP contribution is -2.40. The van der Waals surface area contributed by atoms with Crippen LogP contribution in [-0.4, -0.2) is 38.8 Å². The van der Waals surface area contributed by atoms with Gasteiger partial charge < -0.3 is 15.2 Å². The van der Waals surface area contributed by atoms with Crippen molar-refractivity contribution in [3.8, 4) is 0 Å². The fourth-order valence-electron chi connectivity index (χ4n) is 1.72. The van der Waals surface area contributed by atoms with E-state index in [9.17, 15) is 4.21 Å². The van der Waals surface area contributed by atoms with Gasteiger partial charge in [0.2, 0.25) is 0 Å². The first-order valence-corrected chi connectivity index (χ1v) is 9.07. The summed E-state index contributed by atoms with van der Waals surface area (Å²) in [5, 5.41) is 7.38. The molecule has 0 aliphatic carbocycles. The molecule has 0 spiro atoms. The smallest absolute Gasteiger partial charge is 0.191 e. The third-order valence-electron chi connectivity index (χ3n) is 3.14. The number of guanidine groups is 1. The topological polar surface area (TPSA) is 58.4 Å². The van der Waals surface area contributed by atoms with Crippen LogP contribution in [0.2, 0.25) is 10.2 Å². The molecule has 2 N–H and O–H groups in total. The standard InChI is InChI=1S/C14H24Cl2N4OS.HI/c1-14(2,3)22(21)7-6-18-13(17-4)19-9-10-8-11(15)12(16)20(10)5;/h8H,6-7,9H2,1-5H3,(H2,17,18,19);1H. The minimum Gasteiger partial charge on any atom is -0.355 e. The van der Waals surface area contributed by atoms with Crippen LogP contribution in [0, 0.1) is 0 Å². The highest BCUT2D eigenvalue weighted by molar-refractivity contribution is 14.0. The lowest BCUT2D eigenvalue weighted by molar-refractivity contribution is 0.646. The molecule has 0 bridgehead atoms. The number of nitrogens with one attached hydrogen (secondary N) is 2. The van der Waals surface area contributed by atoms with E-state index < -0.39 is 10.8 Å². The highest BCUT2D eigenvalue weighted by atomic mass is 127. The largest absolute Gasteiger partial charge is 0.355 e. The average Bonchev–Trinajstić information content (AvgIpc) is 2.68. The normalized spacial score (nSPS) is 13.4. The summed E-state index contributed by atoms with van der Waals surface area (Å²) in [7, 11) is 2.67. The minimum absolute atomic E-state index is 0. The maximum atomic E-state index is 12.0. The molecule has 1 heterocycles. The molecule has 0 aromatic carbocycles. The Morgan fingerprint density at radius 3 is 2.39 bits per heavy atom. The molecule has 0 aliphatic heterocycles. The first kappa shape index (κ1) is 23.0. The lowest BCUT2D eigenvalue weighted by Gasteiger charge is -2.18. The van der Waals surface area contributed by atoms with Gasteiger partial charge in [-0.1, -0.05) is 23.2 Å². The van der Waals surface area contributed by atoms with Crippen molar-refractivity contribution < 1.29 is 4.21 Å². The van der Waals surface area contributed by atoms with Gasteiger partial charge in [-0.3, -0.25) is 9.20 Å². The second kappa shape index (κ2) is 10.1. The molecule has 1 aromatic heterocycles. The van der Waals surface area contributed by atoms with Crippen LogP contribution in [0.1, 0.15) is 26.5 Å². The van der Waals surface area contributed by atoms with Crippen molar-refractivity contribution in [3.05, 3.63) is 21.9 Å². The minimum atomic E-state index is -0.883.